The number of aliphatic hydroxyl groups excluding tert-OH is 1. The molecule has 0 aliphatic carbocycles. The average Bonchev–Trinajstić information content (AvgIpc) is 2.25. The Balaban J connectivity index is 2.99. The second-order valence-corrected chi connectivity index (χ2v) is 6.28. The summed E-state index contributed by atoms with van der Waals surface area (Å²) < 4.78 is 62.7. The third-order valence-electron chi connectivity index (χ3n) is 2.62. The molecule has 114 valence electrons. The molecule has 0 radical (unpaired) electrons. The van der Waals surface area contributed by atoms with Crippen molar-refractivity contribution in [1.29, 1.82) is 0 Å². The van der Waals surface area contributed by atoms with Gasteiger partial charge in [0.25, 0.3) is 0 Å². The fraction of sp³-hybridized carbons (Fsp3) is 0.500. The highest BCUT2D eigenvalue weighted by Crippen LogP contribution is 2.23. The van der Waals surface area contributed by atoms with Gasteiger partial charge in [-0.1, -0.05) is 12.1 Å². The van der Waals surface area contributed by atoms with Crippen molar-refractivity contribution in [2.24, 2.45) is 0 Å². The highest BCUT2D eigenvalue weighted by atomic mass is 32.2. The van der Waals surface area contributed by atoms with Crippen molar-refractivity contribution in [1.82, 2.24) is 4.72 Å². The van der Waals surface area contributed by atoms with Crippen molar-refractivity contribution in [2.75, 3.05) is 0 Å². The predicted octanol–water partition coefficient (Wildman–Crippen LogP) is 2.11. The maximum Gasteiger partial charge on any atom is 0.390 e. The lowest BCUT2D eigenvalue weighted by atomic mass is 10.2. The van der Waals surface area contributed by atoms with Crippen LogP contribution in [0.15, 0.2) is 23.1 Å². The van der Waals surface area contributed by atoms with E-state index in [0.29, 0.717) is 11.1 Å². The van der Waals surface area contributed by atoms with Gasteiger partial charge in [-0.3, -0.25) is 0 Å². The van der Waals surface area contributed by atoms with Crippen LogP contribution >= 0.6 is 0 Å². The number of hydrogen-bond donors (Lipinski definition) is 2. The molecular formula is C12H16F3NO3S. The fourth-order valence-electron chi connectivity index (χ4n) is 1.75. The fourth-order valence-corrected chi connectivity index (χ4v) is 3.29. The standard InChI is InChI=1S/C12H16F3NO3S/c1-8-3-4-10(7-17)5-11(8)20(18,19)16-9(2)6-12(13,14)15/h3-5,9,16-17H,6-7H2,1-2H3. The van der Waals surface area contributed by atoms with Crippen LogP contribution in [0.4, 0.5) is 13.2 Å². The molecule has 4 nitrogen and oxygen atoms in total. The van der Waals surface area contributed by atoms with Crippen LogP contribution in [0.3, 0.4) is 0 Å². The summed E-state index contributed by atoms with van der Waals surface area (Å²) in [6.07, 6.45) is -5.69. The molecule has 0 spiro atoms. The van der Waals surface area contributed by atoms with E-state index in [1.165, 1.54) is 19.1 Å². The second kappa shape index (κ2) is 6.11. The summed E-state index contributed by atoms with van der Waals surface area (Å²) in [5, 5.41) is 8.99. The van der Waals surface area contributed by atoms with Gasteiger partial charge in [0.15, 0.2) is 0 Å². The molecule has 8 heteroatoms. The van der Waals surface area contributed by atoms with Crippen LogP contribution in [-0.4, -0.2) is 25.7 Å². The molecule has 1 atom stereocenters. The third-order valence-corrected chi connectivity index (χ3v) is 4.35. The summed E-state index contributed by atoms with van der Waals surface area (Å²) in [6, 6.07) is 3.03. The first kappa shape index (κ1) is 16.9. The SMILES string of the molecule is Cc1ccc(CO)cc1S(=O)(=O)NC(C)CC(F)(F)F. The van der Waals surface area contributed by atoms with Gasteiger partial charge in [-0.25, -0.2) is 13.1 Å². The summed E-state index contributed by atoms with van der Waals surface area (Å²) >= 11 is 0. The molecule has 0 heterocycles. The zero-order valence-electron chi connectivity index (χ0n) is 11.0. The van der Waals surface area contributed by atoms with Crippen LogP contribution in [0.25, 0.3) is 0 Å². The first-order chi connectivity index (χ1) is 9.05. The van der Waals surface area contributed by atoms with E-state index in [4.69, 9.17) is 5.11 Å². The van der Waals surface area contributed by atoms with Crippen LogP contribution in [0.2, 0.25) is 0 Å². The van der Waals surface area contributed by atoms with E-state index in [1.807, 2.05) is 4.72 Å². The molecule has 0 fully saturated rings. The Morgan fingerprint density at radius 2 is 1.95 bits per heavy atom. The average molecular weight is 311 g/mol. The van der Waals surface area contributed by atoms with Crippen molar-refractivity contribution in [3.63, 3.8) is 0 Å². The zero-order chi connectivity index (χ0) is 15.6. The summed E-state index contributed by atoms with van der Waals surface area (Å²) in [5.74, 6) is 0. The van der Waals surface area contributed by atoms with Gasteiger partial charge in [-0.15, -0.1) is 0 Å². The molecule has 1 rings (SSSR count). The molecule has 0 bridgehead atoms. The first-order valence-corrected chi connectivity index (χ1v) is 7.33. The predicted molar refractivity (Wildman–Crippen MR) is 67.6 cm³/mol. The zero-order valence-corrected chi connectivity index (χ0v) is 11.8. The Morgan fingerprint density at radius 1 is 1.35 bits per heavy atom. The normalized spacial score (nSPS) is 14.3. The third kappa shape index (κ3) is 4.77. The minimum Gasteiger partial charge on any atom is -0.392 e. The minimum absolute atomic E-state index is 0.127. The van der Waals surface area contributed by atoms with Crippen molar-refractivity contribution in [3.05, 3.63) is 29.3 Å². The molecule has 0 aromatic heterocycles. The van der Waals surface area contributed by atoms with Crippen molar-refractivity contribution in [3.8, 4) is 0 Å². The van der Waals surface area contributed by atoms with E-state index in [2.05, 4.69) is 0 Å². The first-order valence-electron chi connectivity index (χ1n) is 5.84. The Morgan fingerprint density at radius 3 is 2.45 bits per heavy atom. The highest BCUT2D eigenvalue weighted by Gasteiger charge is 2.32. The molecule has 0 saturated carbocycles. The largest absolute Gasteiger partial charge is 0.392 e. The molecule has 1 aromatic rings. The smallest absolute Gasteiger partial charge is 0.390 e. The number of aryl methyl sites for hydroxylation is 1. The highest BCUT2D eigenvalue weighted by molar-refractivity contribution is 7.89. The van der Waals surface area contributed by atoms with Gasteiger partial charge in [0.2, 0.25) is 10.0 Å². The van der Waals surface area contributed by atoms with Gasteiger partial charge in [0, 0.05) is 6.04 Å². The molecule has 1 unspecified atom stereocenters. The molecule has 2 N–H and O–H groups in total. The van der Waals surface area contributed by atoms with Gasteiger partial charge in [-0.2, -0.15) is 13.2 Å². The molecule has 1 aromatic carbocycles. The van der Waals surface area contributed by atoms with E-state index in [0.717, 1.165) is 6.92 Å². The summed E-state index contributed by atoms with van der Waals surface area (Å²) in [5.41, 5.74) is 0.772. The van der Waals surface area contributed by atoms with Gasteiger partial charge in [0.05, 0.1) is 17.9 Å². The Bertz CT molecular complexity index is 570. The van der Waals surface area contributed by atoms with Crippen molar-refractivity contribution in [2.45, 2.75) is 44.0 Å². The van der Waals surface area contributed by atoms with Crippen LogP contribution < -0.4 is 4.72 Å². The Hall–Kier alpha value is -1.12. The number of halogens is 3. The number of hydrogen-bond acceptors (Lipinski definition) is 3. The van der Waals surface area contributed by atoms with E-state index in [1.54, 1.807) is 6.07 Å². The lowest BCUT2D eigenvalue weighted by Gasteiger charge is -2.17. The summed E-state index contributed by atoms with van der Waals surface area (Å²) in [4.78, 5) is -0.127. The number of nitrogens with one attached hydrogen (secondary N) is 1. The van der Waals surface area contributed by atoms with Gasteiger partial charge >= 0.3 is 6.18 Å². The number of aliphatic hydroxyl groups is 1. The molecule has 0 aliphatic rings. The quantitative estimate of drug-likeness (QED) is 0.875. The van der Waals surface area contributed by atoms with Crippen molar-refractivity contribution >= 4 is 10.0 Å². The molecular weight excluding hydrogens is 295 g/mol. The maximum absolute atomic E-state index is 12.2. The van der Waals surface area contributed by atoms with Crippen LogP contribution in [-0.2, 0) is 16.6 Å². The number of alkyl halides is 3. The van der Waals surface area contributed by atoms with Gasteiger partial charge in [-0.05, 0) is 31.0 Å². The van der Waals surface area contributed by atoms with Crippen molar-refractivity contribution < 1.29 is 26.7 Å². The lowest BCUT2D eigenvalue weighted by Crippen LogP contribution is -2.36. The lowest BCUT2D eigenvalue weighted by molar-refractivity contribution is -0.137. The molecule has 0 amide bonds. The molecule has 0 aliphatic heterocycles. The number of rotatable bonds is 5. The molecule has 0 saturated heterocycles. The maximum atomic E-state index is 12.2. The van der Waals surface area contributed by atoms with Crippen LogP contribution in [0, 0.1) is 6.92 Å². The Labute approximate surface area is 115 Å². The minimum atomic E-state index is -4.44. The summed E-state index contributed by atoms with van der Waals surface area (Å²) in [7, 11) is -4.06. The van der Waals surface area contributed by atoms with E-state index in [9.17, 15) is 21.6 Å². The number of sulfonamides is 1. The van der Waals surface area contributed by atoms with Crippen LogP contribution in [0.5, 0.6) is 0 Å². The van der Waals surface area contributed by atoms with Gasteiger partial charge < -0.3 is 5.11 Å². The Kier molecular flexibility index (Phi) is 5.17. The van der Waals surface area contributed by atoms with E-state index < -0.39 is 28.7 Å². The number of benzene rings is 1. The topological polar surface area (TPSA) is 66.4 Å². The monoisotopic (exact) mass is 311 g/mol. The summed E-state index contributed by atoms with van der Waals surface area (Å²) in [6.45, 7) is 2.33. The molecule has 20 heavy (non-hydrogen) atoms. The van der Waals surface area contributed by atoms with E-state index >= 15 is 0 Å². The van der Waals surface area contributed by atoms with Gasteiger partial charge in [0.1, 0.15) is 0 Å². The van der Waals surface area contributed by atoms with E-state index in [-0.39, 0.29) is 11.5 Å². The van der Waals surface area contributed by atoms with Crippen LogP contribution in [0.1, 0.15) is 24.5 Å². The second-order valence-electron chi connectivity index (χ2n) is 4.60.